The van der Waals surface area contributed by atoms with Gasteiger partial charge in [-0.2, -0.15) is 0 Å². The third-order valence-electron chi connectivity index (χ3n) is 9.38. The first kappa shape index (κ1) is 29.7. The van der Waals surface area contributed by atoms with Crippen LogP contribution in [0.2, 0.25) is 0 Å². The number of rotatable bonds is 6. The number of aromatic nitrogens is 4. The Morgan fingerprint density at radius 2 is 0.923 bits per heavy atom. The fourth-order valence-electron chi connectivity index (χ4n) is 6.78. The highest BCUT2D eigenvalue weighted by molar-refractivity contribution is 6.10. The summed E-state index contributed by atoms with van der Waals surface area (Å²) in [6.45, 7) is 0. The number of benzene rings is 7. The largest absolute Gasteiger partial charge is 0.455 e. The van der Waals surface area contributed by atoms with Crippen LogP contribution >= 0.6 is 0 Å². The summed E-state index contributed by atoms with van der Waals surface area (Å²) in [5, 5.41) is 2.01. The Morgan fingerprint density at radius 1 is 0.327 bits per heavy atom. The van der Waals surface area contributed by atoms with E-state index in [9.17, 15) is 0 Å². The van der Waals surface area contributed by atoms with Crippen LogP contribution in [0.1, 0.15) is 0 Å². The van der Waals surface area contributed by atoms with E-state index in [2.05, 4.69) is 60.7 Å². The highest BCUT2D eigenvalue weighted by atomic mass is 16.3. The highest BCUT2D eigenvalue weighted by Crippen LogP contribution is 2.38. The average Bonchev–Trinajstić information content (AvgIpc) is 3.83. The van der Waals surface area contributed by atoms with E-state index in [0.29, 0.717) is 23.4 Å². The van der Waals surface area contributed by atoms with Gasteiger partial charge in [0, 0.05) is 27.5 Å². The van der Waals surface area contributed by atoms with Crippen LogP contribution in [0.4, 0.5) is 0 Å². The molecule has 0 N–H and O–H groups in total. The molecule has 0 bridgehead atoms. The predicted molar refractivity (Wildman–Crippen MR) is 207 cm³/mol. The van der Waals surface area contributed by atoms with Crippen molar-refractivity contribution in [2.45, 2.75) is 0 Å². The van der Waals surface area contributed by atoms with Crippen molar-refractivity contribution in [3.8, 4) is 67.9 Å². The third-order valence-corrected chi connectivity index (χ3v) is 9.38. The molecule has 0 unspecified atom stereocenters. The molecule has 52 heavy (non-hydrogen) atoms. The van der Waals surface area contributed by atoms with E-state index in [4.69, 9.17) is 28.8 Å². The van der Waals surface area contributed by atoms with Crippen molar-refractivity contribution in [3.63, 3.8) is 0 Å². The van der Waals surface area contributed by atoms with Gasteiger partial charge >= 0.3 is 0 Å². The molecule has 0 saturated carbocycles. The van der Waals surface area contributed by atoms with Crippen molar-refractivity contribution in [1.29, 1.82) is 0 Å². The van der Waals surface area contributed by atoms with Crippen molar-refractivity contribution in [2.24, 2.45) is 0 Å². The van der Waals surface area contributed by atoms with Crippen LogP contribution in [0.5, 0.6) is 0 Å². The van der Waals surface area contributed by atoms with Crippen molar-refractivity contribution in [1.82, 2.24) is 19.9 Å². The predicted octanol–water partition coefficient (Wildman–Crippen LogP) is 11.9. The first-order chi connectivity index (χ1) is 25.7. The molecule has 10 rings (SSSR count). The number of hydrogen-bond acceptors (Lipinski definition) is 6. The first-order valence-electron chi connectivity index (χ1n) is 17.1. The lowest BCUT2D eigenvalue weighted by molar-refractivity contribution is 0.620. The van der Waals surface area contributed by atoms with Crippen LogP contribution in [-0.2, 0) is 0 Å². The molecule has 10 aromatic rings. The Labute approximate surface area is 298 Å². The number of hydrogen-bond donors (Lipinski definition) is 0. The first-order valence-corrected chi connectivity index (χ1v) is 17.1. The Bertz CT molecular complexity index is 2900. The van der Waals surface area contributed by atoms with Gasteiger partial charge in [-0.1, -0.05) is 121 Å². The summed E-state index contributed by atoms with van der Waals surface area (Å²) in [6.07, 6.45) is 0. The molecule has 0 fully saturated rings. The molecule has 0 atom stereocenters. The molecular formula is C46H28N4O2. The minimum Gasteiger partial charge on any atom is -0.455 e. The molecule has 0 aliphatic rings. The maximum atomic E-state index is 6.68. The molecule has 0 aliphatic heterocycles. The average molecular weight is 669 g/mol. The molecule has 3 heterocycles. The maximum absolute atomic E-state index is 6.68. The van der Waals surface area contributed by atoms with E-state index in [1.165, 1.54) is 0 Å². The third kappa shape index (κ3) is 5.30. The van der Waals surface area contributed by atoms with Crippen molar-refractivity contribution in [3.05, 3.63) is 170 Å². The van der Waals surface area contributed by atoms with Gasteiger partial charge in [0.25, 0.3) is 0 Å². The second-order valence-corrected chi connectivity index (χ2v) is 12.7. The molecule has 6 heteroatoms. The van der Waals surface area contributed by atoms with Crippen molar-refractivity contribution >= 4 is 33.0 Å². The quantitative estimate of drug-likeness (QED) is 0.175. The lowest BCUT2D eigenvalue weighted by Gasteiger charge is -2.10. The summed E-state index contributed by atoms with van der Waals surface area (Å²) < 4.78 is 12.7. The zero-order valence-electron chi connectivity index (χ0n) is 27.8. The van der Waals surface area contributed by atoms with E-state index in [0.717, 1.165) is 77.5 Å². The van der Waals surface area contributed by atoms with Crippen LogP contribution in [0.3, 0.4) is 0 Å². The van der Waals surface area contributed by atoms with E-state index < -0.39 is 0 Å². The standard InChI is InChI=1S/C46H28N4O2/c1-4-12-29(13-5-1)32-18-10-19-35(26-32)44-48-43(30-14-6-2-7-15-30)49-45(50-44)38-21-11-20-37-36-24-22-34(28-41(36)51-42(37)38)33-23-25-40-39(27-33)47-46(52-40)31-16-8-3-9-17-31/h1-28H. The Hall–Kier alpha value is -7.18. The van der Waals surface area contributed by atoms with Gasteiger partial charge < -0.3 is 8.83 Å². The number of fused-ring (bicyclic) bond motifs is 4. The number of furan rings is 1. The van der Waals surface area contributed by atoms with Gasteiger partial charge in [0.1, 0.15) is 16.7 Å². The van der Waals surface area contributed by atoms with Gasteiger partial charge in [-0.25, -0.2) is 19.9 Å². The monoisotopic (exact) mass is 668 g/mol. The van der Waals surface area contributed by atoms with Gasteiger partial charge in [0.2, 0.25) is 5.89 Å². The van der Waals surface area contributed by atoms with Gasteiger partial charge in [-0.15, -0.1) is 0 Å². The smallest absolute Gasteiger partial charge is 0.227 e. The fraction of sp³-hybridized carbons (Fsp3) is 0. The Balaban J connectivity index is 1.08. The Kier molecular flexibility index (Phi) is 7.03. The van der Waals surface area contributed by atoms with Gasteiger partial charge in [0.05, 0.1) is 5.56 Å². The van der Waals surface area contributed by atoms with Crippen LogP contribution in [-0.4, -0.2) is 19.9 Å². The second kappa shape index (κ2) is 12.3. The molecule has 0 saturated heterocycles. The summed E-state index contributed by atoms with van der Waals surface area (Å²) in [6, 6.07) is 57.2. The minimum absolute atomic E-state index is 0.546. The topological polar surface area (TPSA) is 77.8 Å². The fourth-order valence-corrected chi connectivity index (χ4v) is 6.78. The minimum atomic E-state index is 0.546. The summed E-state index contributed by atoms with van der Waals surface area (Å²) in [7, 11) is 0. The molecule has 7 aromatic carbocycles. The van der Waals surface area contributed by atoms with Gasteiger partial charge in [-0.05, 0) is 70.8 Å². The lowest BCUT2D eigenvalue weighted by atomic mass is 10.0. The molecule has 0 aliphatic carbocycles. The summed E-state index contributed by atoms with van der Waals surface area (Å²) >= 11 is 0. The normalized spacial score (nSPS) is 11.5. The molecule has 0 spiro atoms. The molecule has 244 valence electrons. The van der Waals surface area contributed by atoms with E-state index in [1.54, 1.807) is 0 Å². The molecule has 0 amide bonds. The molecular weight excluding hydrogens is 641 g/mol. The van der Waals surface area contributed by atoms with Crippen LogP contribution in [0.15, 0.2) is 179 Å². The Morgan fingerprint density at radius 3 is 1.71 bits per heavy atom. The van der Waals surface area contributed by atoms with Crippen LogP contribution < -0.4 is 0 Å². The zero-order chi connectivity index (χ0) is 34.4. The van der Waals surface area contributed by atoms with E-state index >= 15 is 0 Å². The molecule has 6 nitrogen and oxygen atoms in total. The highest BCUT2D eigenvalue weighted by Gasteiger charge is 2.19. The molecule has 0 radical (unpaired) electrons. The molecule has 3 aromatic heterocycles. The zero-order valence-corrected chi connectivity index (χ0v) is 27.8. The maximum Gasteiger partial charge on any atom is 0.227 e. The lowest BCUT2D eigenvalue weighted by Crippen LogP contribution is -2.00. The van der Waals surface area contributed by atoms with Gasteiger partial charge in [0.15, 0.2) is 23.1 Å². The van der Waals surface area contributed by atoms with E-state index in [1.807, 2.05) is 109 Å². The number of nitrogens with zero attached hydrogens (tertiary/aromatic N) is 4. The second-order valence-electron chi connectivity index (χ2n) is 12.7. The summed E-state index contributed by atoms with van der Waals surface area (Å²) in [5.41, 5.74) is 10.9. The number of para-hydroxylation sites is 1. The summed E-state index contributed by atoms with van der Waals surface area (Å²) in [5.74, 6) is 2.34. The van der Waals surface area contributed by atoms with Gasteiger partial charge in [-0.3, -0.25) is 0 Å². The van der Waals surface area contributed by atoms with Crippen molar-refractivity contribution in [2.75, 3.05) is 0 Å². The summed E-state index contributed by atoms with van der Waals surface area (Å²) in [4.78, 5) is 19.9. The SMILES string of the molecule is c1ccc(-c2cccc(-c3nc(-c4ccccc4)nc(-c4cccc5c4oc4cc(-c6ccc7oc(-c8ccccc8)nc7c6)ccc45)n3)c2)cc1. The number of oxazole rings is 1. The van der Waals surface area contributed by atoms with Crippen LogP contribution in [0.25, 0.3) is 101 Å². The van der Waals surface area contributed by atoms with Crippen LogP contribution in [0, 0.1) is 0 Å². The van der Waals surface area contributed by atoms with E-state index in [-0.39, 0.29) is 0 Å². The van der Waals surface area contributed by atoms with Crippen molar-refractivity contribution < 1.29 is 8.83 Å².